The van der Waals surface area contributed by atoms with Gasteiger partial charge in [0, 0.05) is 13.0 Å². The standard InChI is InChI=1S/C17H25NO4/c1-12(2)14-8-7-13(3)10-15(14)22-11-16(19)18-9-5-4-6-17(20)21/h7-8,10,12H,4-6,9,11H2,1-3H3,(H,18,19)(H,20,21). The van der Waals surface area contributed by atoms with E-state index in [1.807, 2.05) is 25.1 Å². The van der Waals surface area contributed by atoms with Crippen molar-refractivity contribution in [1.82, 2.24) is 5.32 Å². The molecule has 0 aromatic heterocycles. The third-order valence-electron chi connectivity index (χ3n) is 3.29. The summed E-state index contributed by atoms with van der Waals surface area (Å²) in [5.41, 5.74) is 2.17. The highest BCUT2D eigenvalue weighted by atomic mass is 16.5. The molecular formula is C17H25NO4. The summed E-state index contributed by atoms with van der Waals surface area (Å²) in [6.45, 7) is 6.60. The number of carbonyl (C=O) groups is 2. The molecule has 5 nitrogen and oxygen atoms in total. The summed E-state index contributed by atoms with van der Waals surface area (Å²) in [5.74, 6) is 0.0765. The van der Waals surface area contributed by atoms with Crippen LogP contribution in [0.3, 0.4) is 0 Å². The summed E-state index contributed by atoms with van der Waals surface area (Å²) in [5, 5.41) is 11.3. The lowest BCUT2D eigenvalue weighted by atomic mass is 10.0. The number of unbranched alkanes of at least 4 members (excludes halogenated alkanes) is 1. The normalized spacial score (nSPS) is 10.5. The summed E-state index contributed by atoms with van der Waals surface area (Å²) < 4.78 is 5.63. The molecule has 0 atom stereocenters. The summed E-state index contributed by atoms with van der Waals surface area (Å²) in [4.78, 5) is 22.1. The summed E-state index contributed by atoms with van der Waals surface area (Å²) >= 11 is 0. The van der Waals surface area contributed by atoms with E-state index < -0.39 is 5.97 Å². The fraction of sp³-hybridized carbons (Fsp3) is 0.529. The van der Waals surface area contributed by atoms with Crippen LogP contribution in [0.5, 0.6) is 5.75 Å². The lowest BCUT2D eigenvalue weighted by molar-refractivity contribution is -0.137. The second-order valence-corrected chi connectivity index (χ2v) is 5.69. The van der Waals surface area contributed by atoms with Crippen LogP contribution in [-0.2, 0) is 9.59 Å². The number of rotatable bonds is 9. The van der Waals surface area contributed by atoms with E-state index in [4.69, 9.17) is 9.84 Å². The average Bonchev–Trinajstić information content (AvgIpc) is 2.44. The number of aliphatic carboxylic acids is 1. The Balaban J connectivity index is 2.38. The fourth-order valence-corrected chi connectivity index (χ4v) is 2.07. The van der Waals surface area contributed by atoms with Gasteiger partial charge < -0.3 is 15.2 Å². The van der Waals surface area contributed by atoms with E-state index in [1.165, 1.54) is 0 Å². The molecule has 1 amide bonds. The van der Waals surface area contributed by atoms with Gasteiger partial charge in [0.05, 0.1) is 0 Å². The Hall–Kier alpha value is -2.04. The SMILES string of the molecule is Cc1ccc(C(C)C)c(OCC(=O)NCCCCC(=O)O)c1. The molecule has 0 unspecified atom stereocenters. The number of carboxylic acids is 1. The highest BCUT2D eigenvalue weighted by Gasteiger charge is 2.10. The molecule has 22 heavy (non-hydrogen) atoms. The van der Waals surface area contributed by atoms with Crippen LogP contribution in [0.1, 0.15) is 50.2 Å². The third-order valence-corrected chi connectivity index (χ3v) is 3.29. The number of hydrogen-bond acceptors (Lipinski definition) is 3. The van der Waals surface area contributed by atoms with Crippen LogP contribution in [0, 0.1) is 6.92 Å². The van der Waals surface area contributed by atoms with Gasteiger partial charge in [0.1, 0.15) is 5.75 Å². The molecule has 0 aliphatic heterocycles. The van der Waals surface area contributed by atoms with Crippen molar-refractivity contribution >= 4 is 11.9 Å². The molecule has 0 fully saturated rings. The van der Waals surface area contributed by atoms with Crippen molar-refractivity contribution in [2.75, 3.05) is 13.2 Å². The first kappa shape index (κ1) is 18.0. The maximum Gasteiger partial charge on any atom is 0.303 e. The lowest BCUT2D eigenvalue weighted by Crippen LogP contribution is -2.29. The number of ether oxygens (including phenoxy) is 1. The van der Waals surface area contributed by atoms with Gasteiger partial charge in [-0.1, -0.05) is 26.0 Å². The molecule has 0 spiro atoms. The number of nitrogens with one attached hydrogen (secondary N) is 1. The Bertz CT molecular complexity index is 511. The van der Waals surface area contributed by atoms with Crippen molar-refractivity contribution in [2.24, 2.45) is 0 Å². The monoisotopic (exact) mass is 307 g/mol. The van der Waals surface area contributed by atoms with Crippen molar-refractivity contribution in [2.45, 2.75) is 46.0 Å². The van der Waals surface area contributed by atoms with Gasteiger partial charge in [0.15, 0.2) is 6.61 Å². The average molecular weight is 307 g/mol. The number of benzene rings is 1. The quantitative estimate of drug-likeness (QED) is 0.688. The zero-order valence-electron chi connectivity index (χ0n) is 13.5. The molecular weight excluding hydrogens is 282 g/mol. The molecule has 0 saturated heterocycles. The molecule has 0 aliphatic carbocycles. The largest absolute Gasteiger partial charge is 0.483 e. The van der Waals surface area contributed by atoms with Gasteiger partial charge in [0.2, 0.25) is 0 Å². The van der Waals surface area contributed by atoms with E-state index >= 15 is 0 Å². The molecule has 0 radical (unpaired) electrons. The minimum absolute atomic E-state index is 0.0257. The number of carbonyl (C=O) groups excluding carboxylic acids is 1. The van der Waals surface area contributed by atoms with Crippen LogP contribution in [0.4, 0.5) is 0 Å². The van der Waals surface area contributed by atoms with E-state index in [-0.39, 0.29) is 18.9 Å². The fourth-order valence-electron chi connectivity index (χ4n) is 2.07. The van der Waals surface area contributed by atoms with E-state index in [0.29, 0.717) is 25.3 Å². The summed E-state index contributed by atoms with van der Waals surface area (Å²) in [7, 11) is 0. The topological polar surface area (TPSA) is 75.6 Å². The first-order valence-electron chi connectivity index (χ1n) is 7.62. The molecule has 2 N–H and O–H groups in total. The zero-order valence-corrected chi connectivity index (χ0v) is 13.5. The van der Waals surface area contributed by atoms with Crippen LogP contribution in [0.15, 0.2) is 18.2 Å². The van der Waals surface area contributed by atoms with Crippen molar-refractivity contribution in [3.8, 4) is 5.75 Å². The summed E-state index contributed by atoms with van der Waals surface area (Å²) in [6, 6.07) is 6.00. The van der Waals surface area contributed by atoms with Crippen molar-refractivity contribution in [3.05, 3.63) is 29.3 Å². The van der Waals surface area contributed by atoms with E-state index in [0.717, 1.165) is 16.9 Å². The molecule has 1 rings (SSSR count). The van der Waals surface area contributed by atoms with E-state index in [1.54, 1.807) is 0 Å². The third kappa shape index (κ3) is 6.61. The Morgan fingerprint density at radius 2 is 2.00 bits per heavy atom. The Labute approximate surface area is 131 Å². The van der Waals surface area contributed by atoms with Gasteiger partial charge >= 0.3 is 5.97 Å². The Morgan fingerprint density at radius 1 is 1.27 bits per heavy atom. The Kier molecular flexibility index (Phi) is 7.43. The predicted molar refractivity (Wildman–Crippen MR) is 85.3 cm³/mol. The highest BCUT2D eigenvalue weighted by molar-refractivity contribution is 5.77. The number of aryl methyl sites for hydroxylation is 1. The van der Waals surface area contributed by atoms with Crippen LogP contribution in [0.2, 0.25) is 0 Å². The maximum atomic E-state index is 11.7. The van der Waals surface area contributed by atoms with Gasteiger partial charge in [-0.3, -0.25) is 9.59 Å². The smallest absolute Gasteiger partial charge is 0.303 e. The van der Waals surface area contributed by atoms with Gasteiger partial charge in [-0.25, -0.2) is 0 Å². The molecule has 5 heteroatoms. The summed E-state index contributed by atoms with van der Waals surface area (Å²) in [6.07, 6.45) is 1.35. The van der Waals surface area contributed by atoms with Gasteiger partial charge in [0.25, 0.3) is 5.91 Å². The molecule has 0 heterocycles. The second-order valence-electron chi connectivity index (χ2n) is 5.69. The van der Waals surface area contributed by atoms with Crippen molar-refractivity contribution in [3.63, 3.8) is 0 Å². The molecule has 122 valence electrons. The zero-order chi connectivity index (χ0) is 16.5. The number of hydrogen-bond donors (Lipinski definition) is 2. The van der Waals surface area contributed by atoms with E-state index in [9.17, 15) is 9.59 Å². The predicted octanol–water partition coefficient (Wildman–Crippen LogP) is 2.87. The number of carboxylic acid groups (broad SMARTS) is 1. The minimum atomic E-state index is -0.810. The lowest BCUT2D eigenvalue weighted by Gasteiger charge is -2.14. The van der Waals surface area contributed by atoms with E-state index in [2.05, 4.69) is 19.2 Å². The first-order chi connectivity index (χ1) is 10.4. The van der Waals surface area contributed by atoms with Crippen molar-refractivity contribution in [1.29, 1.82) is 0 Å². The number of amides is 1. The maximum absolute atomic E-state index is 11.7. The van der Waals surface area contributed by atoms with Crippen LogP contribution >= 0.6 is 0 Å². The second kappa shape index (κ2) is 9.07. The molecule has 1 aromatic rings. The minimum Gasteiger partial charge on any atom is -0.483 e. The van der Waals surface area contributed by atoms with Crippen molar-refractivity contribution < 1.29 is 19.4 Å². The molecule has 0 saturated carbocycles. The Morgan fingerprint density at radius 3 is 2.64 bits per heavy atom. The van der Waals surface area contributed by atoms with Gasteiger partial charge in [-0.2, -0.15) is 0 Å². The molecule has 1 aromatic carbocycles. The molecule has 0 bridgehead atoms. The molecule has 0 aliphatic rings. The first-order valence-corrected chi connectivity index (χ1v) is 7.62. The van der Waals surface area contributed by atoms with Crippen LogP contribution < -0.4 is 10.1 Å². The van der Waals surface area contributed by atoms with Crippen LogP contribution in [-0.4, -0.2) is 30.1 Å². The van der Waals surface area contributed by atoms with Crippen LogP contribution in [0.25, 0.3) is 0 Å². The van der Waals surface area contributed by atoms with Gasteiger partial charge in [-0.15, -0.1) is 0 Å². The highest BCUT2D eigenvalue weighted by Crippen LogP contribution is 2.27. The van der Waals surface area contributed by atoms with Gasteiger partial charge in [-0.05, 0) is 42.9 Å².